The number of benzene rings is 2. The lowest BCUT2D eigenvalue weighted by atomic mass is 10.1. The molecule has 198 valence electrons. The van der Waals surface area contributed by atoms with Gasteiger partial charge in [-0.15, -0.1) is 0 Å². The summed E-state index contributed by atoms with van der Waals surface area (Å²) in [5.41, 5.74) is 1.52. The highest BCUT2D eigenvalue weighted by Crippen LogP contribution is 2.30. The first-order chi connectivity index (χ1) is 17.0. The van der Waals surface area contributed by atoms with Crippen LogP contribution in [0.2, 0.25) is 0 Å². The van der Waals surface area contributed by atoms with Gasteiger partial charge in [-0.3, -0.25) is 13.9 Å². The third kappa shape index (κ3) is 8.86. The number of sulfonamides is 1. The molecule has 1 N–H and O–H groups in total. The lowest BCUT2D eigenvalue weighted by Gasteiger charge is -2.30. The Labute approximate surface area is 215 Å². The van der Waals surface area contributed by atoms with Gasteiger partial charge in [0.05, 0.1) is 18.6 Å². The first kappa shape index (κ1) is 29.2. The minimum absolute atomic E-state index is 0.0419. The number of para-hydroxylation sites is 2. The Bertz CT molecular complexity index is 1090. The second-order valence-electron chi connectivity index (χ2n) is 9.00. The Kier molecular flexibility index (Phi) is 11.2. The zero-order valence-corrected chi connectivity index (χ0v) is 22.8. The molecule has 2 aromatic carbocycles. The molecule has 0 saturated carbocycles. The lowest BCUT2D eigenvalue weighted by Crippen LogP contribution is -2.50. The number of carbonyl (C=O) groups excluding carboxylic acids is 2. The Morgan fingerprint density at radius 1 is 0.972 bits per heavy atom. The van der Waals surface area contributed by atoms with E-state index in [1.807, 2.05) is 51.1 Å². The van der Waals surface area contributed by atoms with Crippen LogP contribution in [0.1, 0.15) is 46.1 Å². The second-order valence-corrected chi connectivity index (χ2v) is 10.9. The number of nitrogens with zero attached hydrogens (tertiary/aromatic N) is 2. The Hall–Kier alpha value is -3.07. The van der Waals surface area contributed by atoms with Crippen LogP contribution in [0.15, 0.2) is 54.6 Å². The topological polar surface area (TPSA) is 96.0 Å². The zero-order chi connectivity index (χ0) is 26.7. The first-order valence-electron chi connectivity index (χ1n) is 12.4. The molecule has 0 unspecified atom stereocenters. The van der Waals surface area contributed by atoms with Crippen LogP contribution in [-0.4, -0.2) is 63.2 Å². The maximum atomic E-state index is 13.3. The van der Waals surface area contributed by atoms with Crippen LogP contribution in [0.3, 0.4) is 0 Å². The van der Waals surface area contributed by atoms with Crippen molar-refractivity contribution in [3.63, 3.8) is 0 Å². The highest BCUT2D eigenvalue weighted by atomic mass is 32.2. The zero-order valence-electron chi connectivity index (χ0n) is 21.9. The first-order valence-corrected chi connectivity index (χ1v) is 14.2. The van der Waals surface area contributed by atoms with Crippen molar-refractivity contribution in [1.82, 2.24) is 10.2 Å². The summed E-state index contributed by atoms with van der Waals surface area (Å²) < 4.78 is 32.0. The minimum Gasteiger partial charge on any atom is -0.492 e. The molecule has 36 heavy (non-hydrogen) atoms. The van der Waals surface area contributed by atoms with Gasteiger partial charge in [0.2, 0.25) is 21.8 Å². The van der Waals surface area contributed by atoms with Crippen LogP contribution < -0.4 is 14.4 Å². The van der Waals surface area contributed by atoms with Crippen molar-refractivity contribution in [2.75, 3.05) is 30.3 Å². The molecule has 0 radical (unpaired) electrons. The number of carbonyl (C=O) groups is 2. The van der Waals surface area contributed by atoms with Gasteiger partial charge in [0.25, 0.3) is 0 Å². The van der Waals surface area contributed by atoms with E-state index in [1.165, 1.54) is 4.31 Å². The lowest BCUT2D eigenvalue weighted by molar-refractivity contribution is -0.140. The molecule has 1 atom stereocenters. The molecule has 2 aromatic rings. The summed E-state index contributed by atoms with van der Waals surface area (Å²) >= 11 is 0. The van der Waals surface area contributed by atoms with Crippen molar-refractivity contribution in [2.45, 2.75) is 59.0 Å². The molecule has 0 spiro atoms. The molecule has 0 saturated heterocycles. The number of hydrogen-bond donors (Lipinski definition) is 1. The number of rotatable bonds is 14. The molecule has 9 heteroatoms. The summed E-state index contributed by atoms with van der Waals surface area (Å²) in [5.74, 6) is 0.0684. The Balaban J connectivity index is 2.15. The van der Waals surface area contributed by atoms with Crippen LogP contribution in [0, 0.1) is 0 Å². The van der Waals surface area contributed by atoms with Crippen LogP contribution in [0.5, 0.6) is 5.75 Å². The van der Waals surface area contributed by atoms with Crippen molar-refractivity contribution >= 4 is 27.5 Å². The fourth-order valence-electron chi connectivity index (χ4n) is 3.90. The van der Waals surface area contributed by atoms with E-state index in [1.54, 1.807) is 36.1 Å². The third-order valence-electron chi connectivity index (χ3n) is 5.67. The highest BCUT2D eigenvalue weighted by Gasteiger charge is 2.27. The van der Waals surface area contributed by atoms with Crippen molar-refractivity contribution in [2.24, 2.45) is 0 Å². The third-order valence-corrected chi connectivity index (χ3v) is 6.85. The molecule has 0 aliphatic carbocycles. The summed E-state index contributed by atoms with van der Waals surface area (Å²) in [7, 11) is -3.60. The molecular weight excluding hydrogens is 478 g/mol. The smallest absolute Gasteiger partial charge is 0.242 e. The van der Waals surface area contributed by atoms with Gasteiger partial charge in [-0.1, -0.05) is 42.5 Å². The highest BCUT2D eigenvalue weighted by molar-refractivity contribution is 7.92. The van der Waals surface area contributed by atoms with E-state index < -0.39 is 16.1 Å². The van der Waals surface area contributed by atoms with E-state index >= 15 is 0 Å². The molecule has 0 aromatic heterocycles. The monoisotopic (exact) mass is 517 g/mol. The average Bonchev–Trinajstić information content (AvgIpc) is 2.82. The van der Waals surface area contributed by atoms with Crippen molar-refractivity contribution < 1.29 is 22.7 Å². The maximum Gasteiger partial charge on any atom is 0.242 e. The van der Waals surface area contributed by atoms with Gasteiger partial charge in [0.1, 0.15) is 11.8 Å². The van der Waals surface area contributed by atoms with Crippen LogP contribution in [0.4, 0.5) is 5.69 Å². The maximum absolute atomic E-state index is 13.3. The van der Waals surface area contributed by atoms with E-state index in [4.69, 9.17) is 4.74 Å². The predicted octanol–water partition coefficient (Wildman–Crippen LogP) is 3.62. The summed E-state index contributed by atoms with van der Waals surface area (Å²) in [5, 5.41) is 2.88. The van der Waals surface area contributed by atoms with E-state index in [0.717, 1.165) is 11.8 Å². The van der Waals surface area contributed by atoms with Crippen LogP contribution in [-0.2, 0) is 26.0 Å². The van der Waals surface area contributed by atoms with Gasteiger partial charge in [0, 0.05) is 25.6 Å². The molecule has 0 heterocycles. The predicted molar refractivity (Wildman–Crippen MR) is 144 cm³/mol. The molecular formula is C27H39N3O5S. The summed E-state index contributed by atoms with van der Waals surface area (Å²) in [6, 6.07) is 16.1. The number of ether oxygens (including phenoxy) is 1. The standard InChI is InChI=1S/C27H39N3O5S/c1-6-35-25-16-11-10-15-24(25)30(36(5,33)34)19-12-17-26(31)29(22(4)27(32)28-21(2)3)20-18-23-13-8-7-9-14-23/h7-11,13-16,21-22H,6,12,17-20H2,1-5H3,(H,28,32)/t22-/m1/s1. The molecule has 0 bridgehead atoms. The van der Waals surface area contributed by atoms with E-state index in [2.05, 4.69) is 5.32 Å². The summed E-state index contributed by atoms with van der Waals surface area (Å²) in [6.07, 6.45) is 2.16. The molecule has 0 aliphatic rings. The number of amides is 2. The second kappa shape index (κ2) is 13.9. The number of nitrogens with one attached hydrogen (secondary N) is 1. The fraction of sp³-hybridized carbons (Fsp3) is 0.481. The molecule has 0 fully saturated rings. The van der Waals surface area contributed by atoms with Crippen molar-refractivity contribution in [3.05, 3.63) is 60.2 Å². The normalized spacial score (nSPS) is 12.2. The van der Waals surface area contributed by atoms with Crippen LogP contribution in [0.25, 0.3) is 0 Å². The molecule has 8 nitrogen and oxygen atoms in total. The molecule has 2 amide bonds. The van der Waals surface area contributed by atoms with E-state index in [-0.39, 0.29) is 30.8 Å². The van der Waals surface area contributed by atoms with Gasteiger partial charge in [-0.2, -0.15) is 0 Å². The number of anilines is 1. The van der Waals surface area contributed by atoms with Crippen molar-refractivity contribution in [3.8, 4) is 5.75 Å². The van der Waals surface area contributed by atoms with E-state index in [0.29, 0.717) is 37.4 Å². The largest absolute Gasteiger partial charge is 0.492 e. The van der Waals surface area contributed by atoms with Gasteiger partial charge < -0.3 is 15.0 Å². The Morgan fingerprint density at radius 2 is 1.61 bits per heavy atom. The molecule has 0 aliphatic heterocycles. The Morgan fingerprint density at radius 3 is 2.22 bits per heavy atom. The summed E-state index contributed by atoms with van der Waals surface area (Å²) in [4.78, 5) is 27.6. The van der Waals surface area contributed by atoms with Crippen LogP contribution >= 0.6 is 0 Å². The van der Waals surface area contributed by atoms with Crippen molar-refractivity contribution in [1.29, 1.82) is 0 Å². The van der Waals surface area contributed by atoms with Gasteiger partial charge in [0.15, 0.2) is 0 Å². The average molecular weight is 518 g/mol. The number of hydrogen-bond acceptors (Lipinski definition) is 5. The van der Waals surface area contributed by atoms with E-state index in [9.17, 15) is 18.0 Å². The van der Waals surface area contributed by atoms with Gasteiger partial charge in [-0.05, 0) is 58.2 Å². The quantitative estimate of drug-likeness (QED) is 0.413. The minimum atomic E-state index is -3.60. The van der Waals surface area contributed by atoms with Gasteiger partial charge in [-0.25, -0.2) is 8.42 Å². The SMILES string of the molecule is CCOc1ccccc1N(CCCC(=O)N(CCc1ccccc1)[C@H](C)C(=O)NC(C)C)S(C)(=O)=O. The van der Waals surface area contributed by atoms with Gasteiger partial charge >= 0.3 is 0 Å². The summed E-state index contributed by atoms with van der Waals surface area (Å²) in [6.45, 7) is 8.22. The molecule has 2 rings (SSSR count). The fourth-order valence-corrected chi connectivity index (χ4v) is 4.87.